The van der Waals surface area contributed by atoms with Crippen LogP contribution >= 0.6 is 0 Å². The highest BCUT2D eigenvalue weighted by atomic mass is 16.7. The Morgan fingerprint density at radius 1 is 0.857 bits per heavy atom. The van der Waals surface area contributed by atoms with Gasteiger partial charge in [0, 0.05) is 29.0 Å². The third-order valence-electron chi connectivity index (χ3n) is 4.94. The van der Waals surface area contributed by atoms with Crippen LogP contribution in [0.25, 0.3) is 22.2 Å². The third-order valence-corrected chi connectivity index (χ3v) is 4.94. The van der Waals surface area contributed by atoms with Gasteiger partial charge in [0.25, 0.3) is 0 Å². The van der Waals surface area contributed by atoms with Crippen LogP contribution in [-0.4, -0.2) is 22.0 Å². The van der Waals surface area contributed by atoms with E-state index >= 15 is 0 Å². The number of rotatable bonds is 3. The second-order valence-corrected chi connectivity index (χ2v) is 6.72. The maximum Gasteiger partial charge on any atom is 0.231 e. The molecule has 1 aromatic heterocycles. The number of phenols is 2. The molecular weight excluding hydrogens is 354 g/mol. The number of phenolic OH excluding ortho intramolecular Hbond substituents is 2. The first-order chi connectivity index (χ1) is 13.7. The van der Waals surface area contributed by atoms with Gasteiger partial charge < -0.3 is 19.7 Å². The van der Waals surface area contributed by atoms with Gasteiger partial charge in [0.15, 0.2) is 11.5 Å². The van der Waals surface area contributed by atoms with Crippen LogP contribution < -0.4 is 9.47 Å². The molecule has 1 aliphatic heterocycles. The molecule has 0 bridgehead atoms. The van der Waals surface area contributed by atoms with Crippen molar-refractivity contribution in [2.45, 2.75) is 6.42 Å². The van der Waals surface area contributed by atoms with Crippen LogP contribution in [0.3, 0.4) is 0 Å². The highest BCUT2D eigenvalue weighted by Crippen LogP contribution is 2.40. The van der Waals surface area contributed by atoms with Crippen molar-refractivity contribution in [2.24, 2.45) is 0 Å². The summed E-state index contributed by atoms with van der Waals surface area (Å²) in [5.41, 5.74) is 3.43. The monoisotopic (exact) mass is 371 g/mol. The molecule has 0 saturated carbocycles. The summed E-state index contributed by atoms with van der Waals surface area (Å²) in [6, 6.07) is 20.5. The van der Waals surface area contributed by atoms with Crippen molar-refractivity contribution in [3.05, 3.63) is 77.9 Å². The first kappa shape index (κ1) is 16.4. The van der Waals surface area contributed by atoms with Gasteiger partial charge in [-0.05, 0) is 29.8 Å². The topological polar surface area (TPSA) is 71.8 Å². The summed E-state index contributed by atoms with van der Waals surface area (Å²) < 4.78 is 10.8. The van der Waals surface area contributed by atoms with E-state index in [4.69, 9.17) is 9.47 Å². The predicted octanol–water partition coefficient (Wildman–Crippen LogP) is 4.63. The lowest BCUT2D eigenvalue weighted by Crippen LogP contribution is -1.93. The molecule has 2 N–H and O–H groups in total. The lowest BCUT2D eigenvalue weighted by Gasteiger charge is -2.12. The van der Waals surface area contributed by atoms with Crippen LogP contribution in [0.15, 0.2) is 66.7 Å². The molecule has 5 rings (SSSR count). The fourth-order valence-electron chi connectivity index (χ4n) is 3.47. The number of hydrogen-bond acceptors (Lipinski definition) is 5. The average molecular weight is 371 g/mol. The standard InChI is InChI=1S/C23H17NO4/c25-20-9-7-16(23(26)17(20)10-14-4-2-1-3-5-14)18-8-6-15-11-21-22(28-13-27-21)12-19(15)24-18/h1-9,11-12,25-26H,10,13H2. The van der Waals surface area contributed by atoms with Gasteiger partial charge in [-0.1, -0.05) is 36.4 Å². The molecule has 0 atom stereocenters. The van der Waals surface area contributed by atoms with Crippen molar-refractivity contribution in [3.63, 3.8) is 0 Å². The third kappa shape index (κ3) is 2.77. The van der Waals surface area contributed by atoms with Crippen LogP contribution in [0, 0.1) is 0 Å². The fourth-order valence-corrected chi connectivity index (χ4v) is 3.47. The number of nitrogens with zero attached hydrogens (tertiary/aromatic N) is 1. The van der Waals surface area contributed by atoms with Crippen LogP contribution in [0.2, 0.25) is 0 Å². The Kier molecular flexibility index (Phi) is 3.79. The number of aromatic nitrogens is 1. The van der Waals surface area contributed by atoms with Gasteiger partial charge in [0.1, 0.15) is 11.5 Å². The molecule has 0 radical (unpaired) electrons. The van der Waals surface area contributed by atoms with E-state index in [1.165, 1.54) is 0 Å². The zero-order valence-electron chi connectivity index (χ0n) is 14.9. The summed E-state index contributed by atoms with van der Waals surface area (Å²) in [7, 11) is 0. The van der Waals surface area contributed by atoms with Gasteiger partial charge >= 0.3 is 0 Å². The Bertz CT molecular complexity index is 1190. The Morgan fingerprint density at radius 3 is 2.46 bits per heavy atom. The SMILES string of the molecule is Oc1ccc(-c2ccc3cc4c(cc3n2)OCO4)c(O)c1Cc1ccccc1. The molecule has 0 saturated heterocycles. The molecule has 0 amide bonds. The molecule has 0 unspecified atom stereocenters. The molecule has 1 aliphatic rings. The van der Waals surface area contributed by atoms with E-state index in [1.807, 2.05) is 54.6 Å². The van der Waals surface area contributed by atoms with Crippen LogP contribution in [0.4, 0.5) is 0 Å². The van der Waals surface area contributed by atoms with Gasteiger partial charge in [-0.3, -0.25) is 0 Å². The van der Waals surface area contributed by atoms with Crippen molar-refractivity contribution >= 4 is 10.9 Å². The molecule has 5 heteroatoms. The van der Waals surface area contributed by atoms with E-state index in [0.29, 0.717) is 34.7 Å². The van der Waals surface area contributed by atoms with E-state index in [9.17, 15) is 10.2 Å². The molecule has 28 heavy (non-hydrogen) atoms. The minimum absolute atomic E-state index is 0.0384. The largest absolute Gasteiger partial charge is 0.508 e. The molecule has 0 fully saturated rings. The van der Waals surface area contributed by atoms with Gasteiger partial charge in [-0.25, -0.2) is 4.98 Å². The summed E-state index contributed by atoms with van der Waals surface area (Å²) in [5, 5.41) is 22.1. The first-order valence-electron chi connectivity index (χ1n) is 8.97. The normalized spacial score (nSPS) is 12.4. The van der Waals surface area contributed by atoms with Crippen molar-refractivity contribution in [2.75, 3.05) is 6.79 Å². The van der Waals surface area contributed by atoms with Crippen molar-refractivity contribution < 1.29 is 19.7 Å². The summed E-state index contributed by atoms with van der Waals surface area (Å²) in [4.78, 5) is 4.68. The maximum atomic E-state index is 10.9. The van der Waals surface area contributed by atoms with Crippen LogP contribution in [0.1, 0.15) is 11.1 Å². The Balaban J connectivity index is 1.59. The lowest BCUT2D eigenvalue weighted by atomic mass is 9.98. The molecule has 0 aliphatic carbocycles. The fraction of sp³-hybridized carbons (Fsp3) is 0.0870. The smallest absolute Gasteiger partial charge is 0.231 e. The van der Waals surface area contributed by atoms with E-state index in [0.717, 1.165) is 16.5 Å². The summed E-state index contributed by atoms with van der Waals surface area (Å²) in [6.07, 6.45) is 0.429. The van der Waals surface area contributed by atoms with Crippen molar-refractivity contribution in [3.8, 4) is 34.3 Å². The molecular formula is C23H17NO4. The average Bonchev–Trinajstić information content (AvgIpc) is 3.17. The first-order valence-corrected chi connectivity index (χ1v) is 8.97. The van der Waals surface area contributed by atoms with E-state index < -0.39 is 0 Å². The molecule has 4 aromatic rings. The van der Waals surface area contributed by atoms with Crippen molar-refractivity contribution in [1.29, 1.82) is 0 Å². The Hall–Kier alpha value is -3.73. The van der Waals surface area contributed by atoms with E-state index in [2.05, 4.69) is 4.98 Å². The van der Waals surface area contributed by atoms with E-state index in [1.54, 1.807) is 12.1 Å². The predicted molar refractivity (Wildman–Crippen MR) is 106 cm³/mol. The van der Waals surface area contributed by atoms with Gasteiger partial charge in [-0.15, -0.1) is 0 Å². The summed E-state index contributed by atoms with van der Waals surface area (Å²) >= 11 is 0. The minimum Gasteiger partial charge on any atom is -0.508 e. The number of ether oxygens (including phenoxy) is 2. The van der Waals surface area contributed by atoms with Crippen molar-refractivity contribution in [1.82, 2.24) is 4.98 Å². The molecule has 2 heterocycles. The van der Waals surface area contributed by atoms with Crippen LogP contribution in [0.5, 0.6) is 23.0 Å². The number of fused-ring (bicyclic) bond motifs is 2. The second kappa shape index (κ2) is 6.46. The minimum atomic E-state index is 0.0384. The van der Waals surface area contributed by atoms with Gasteiger partial charge in [0.2, 0.25) is 6.79 Å². The second-order valence-electron chi connectivity index (χ2n) is 6.72. The molecule has 5 nitrogen and oxygen atoms in total. The summed E-state index contributed by atoms with van der Waals surface area (Å²) in [5.74, 6) is 1.47. The number of aromatic hydroxyl groups is 2. The highest BCUT2D eigenvalue weighted by molar-refractivity contribution is 5.86. The summed E-state index contributed by atoms with van der Waals surface area (Å²) in [6.45, 7) is 0.208. The van der Waals surface area contributed by atoms with Gasteiger partial charge in [-0.2, -0.15) is 0 Å². The zero-order chi connectivity index (χ0) is 19.1. The van der Waals surface area contributed by atoms with Gasteiger partial charge in [0.05, 0.1) is 11.2 Å². The molecule has 138 valence electrons. The quantitative estimate of drug-likeness (QED) is 0.549. The maximum absolute atomic E-state index is 10.9. The van der Waals surface area contributed by atoms with Crippen LogP contribution in [-0.2, 0) is 6.42 Å². The molecule has 3 aromatic carbocycles. The zero-order valence-corrected chi connectivity index (χ0v) is 14.9. The molecule has 0 spiro atoms. The highest BCUT2D eigenvalue weighted by Gasteiger charge is 2.18. The number of pyridine rings is 1. The Labute approximate surface area is 161 Å². The number of hydrogen-bond donors (Lipinski definition) is 2. The lowest BCUT2D eigenvalue weighted by molar-refractivity contribution is 0.174. The number of benzene rings is 3. The Morgan fingerprint density at radius 2 is 1.64 bits per heavy atom. The van der Waals surface area contributed by atoms with E-state index in [-0.39, 0.29) is 18.3 Å².